The van der Waals surface area contributed by atoms with Gasteiger partial charge in [-0.2, -0.15) is 0 Å². The zero-order valence-electron chi connectivity index (χ0n) is 13.8. The average Bonchev–Trinajstić information content (AvgIpc) is 3.11. The van der Waals surface area contributed by atoms with Gasteiger partial charge in [-0.1, -0.05) is 18.2 Å². The monoisotopic (exact) mass is 323 g/mol. The van der Waals surface area contributed by atoms with Crippen molar-refractivity contribution in [3.63, 3.8) is 0 Å². The van der Waals surface area contributed by atoms with Crippen LogP contribution in [-0.2, 0) is 0 Å². The van der Waals surface area contributed by atoms with E-state index in [1.54, 1.807) is 0 Å². The van der Waals surface area contributed by atoms with Crippen molar-refractivity contribution in [3.05, 3.63) is 53.9 Å². The second kappa shape index (κ2) is 6.15. The molecule has 2 aliphatic rings. The Morgan fingerprint density at radius 3 is 2.96 bits per heavy atom. The van der Waals surface area contributed by atoms with Gasteiger partial charge in [0.2, 0.25) is 0 Å². The highest BCUT2D eigenvalue weighted by Gasteiger charge is 2.33. The third-order valence-corrected chi connectivity index (χ3v) is 4.91. The third-order valence-electron chi connectivity index (χ3n) is 4.91. The van der Waals surface area contributed by atoms with Crippen molar-refractivity contribution in [2.24, 2.45) is 0 Å². The highest BCUT2D eigenvalue weighted by atomic mass is 16.5. The summed E-state index contributed by atoms with van der Waals surface area (Å²) in [5.74, 6) is 1.16. The quantitative estimate of drug-likeness (QED) is 0.809. The molecule has 0 N–H and O–H groups in total. The fraction of sp³-hybridized carbons (Fsp3) is 0.368. The van der Waals surface area contributed by atoms with E-state index in [1.807, 2.05) is 53.3 Å². The van der Waals surface area contributed by atoms with E-state index in [9.17, 15) is 4.79 Å². The van der Waals surface area contributed by atoms with Crippen LogP contribution in [0.3, 0.4) is 0 Å². The Balaban J connectivity index is 1.52. The van der Waals surface area contributed by atoms with Gasteiger partial charge in [0.1, 0.15) is 12.4 Å². The Hall–Kier alpha value is -2.56. The van der Waals surface area contributed by atoms with Crippen LogP contribution in [0.5, 0.6) is 5.75 Å². The predicted molar refractivity (Wildman–Crippen MR) is 92.6 cm³/mol. The van der Waals surface area contributed by atoms with E-state index >= 15 is 0 Å². The summed E-state index contributed by atoms with van der Waals surface area (Å²) in [6, 6.07) is 11.9. The molecule has 24 heavy (non-hydrogen) atoms. The number of urea groups is 1. The lowest BCUT2D eigenvalue weighted by Crippen LogP contribution is -2.45. The number of fused-ring (bicyclic) bond motifs is 1. The van der Waals surface area contributed by atoms with E-state index in [2.05, 4.69) is 11.1 Å². The summed E-state index contributed by atoms with van der Waals surface area (Å²) in [6.07, 6.45) is 2.81. The second-order valence-corrected chi connectivity index (χ2v) is 6.36. The summed E-state index contributed by atoms with van der Waals surface area (Å²) in [7, 11) is 0. The van der Waals surface area contributed by atoms with E-state index in [0.717, 1.165) is 36.6 Å². The molecule has 5 nitrogen and oxygen atoms in total. The Morgan fingerprint density at radius 2 is 2.08 bits per heavy atom. The smallest absolute Gasteiger partial charge is 0.324 e. The lowest BCUT2D eigenvalue weighted by molar-refractivity contribution is 0.209. The van der Waals surface area contributed by atoms with Crippen LogP contribution < -0.4 is 9.64 Å². The van der Waals surface area contributed by atoms with Crippen molar-refractivity contribution in [1.82, 2.24) is 9.88 Å². The van der Waals surface area contributed by atoms with Gasteiger partial charge >= 0.3 is 6.03 Å². The summed E-state index contributed by atoms with van der Waals surface area (Å²) in [5, 5.41) is 0. The van der Waals surface area contributed by atoms with E-state index in [1.165, 1.54) is 5.56 Å². The van der Waals surface area contributed by atoms with Crippen LogP contribution in [0.1, 0.15) is 23.6 Å². The normalized spacial score (nSPS) is 19.8. The number of hydrogen-bond donors (Lipinski definition) is 0. The number of likely N-dealkylation sites (tertiary alicyclic amines) is 1. The molecule has 2 aromatic rings. The lowest BCUT2D eigenvalue weighted by atomic mass is 9.97. The molecule has 2 amide bonds. The largest absolute Gasteiger partial charge is 0.490 e. The number of aryl methyl sites for hydroxylation is 1. The highest BCUT2D eigenvalue weighted by molar-refractivity contribution is 5.94. The van der Waals surface area contributed by atoms with Crippen molar-refractivity contribution in [1.29, 1.82) is 0 Å². The van der Waals surface area contributed by atoms with Gasteiger partial charge in [-0.05, 0) is 37.1 Å². The number of hydrogen-bond acceptors (Lipinski definition) is 3. The summed E-state index contributed by atoms with van der Waals surface area (Å²) < 4.78 is 5.65. The van der Waals surface area contributed by atoms with Crippen molar-refractivity contribution in [2.45, 2.75) is 19.3 Å². The molecule has 0 aliphatic carbocycles. The number of rotatable bonds is 1. The zero-order valence-corrected chi connectivity index (χ0v) is 13.8. The summed E-state index contributed by atoms with van der Waals surface area (Å²) in [5.41, 5.74) is 3.19. The molecule has 5 heteroatoms. The maximum atomic E-state index is 13.0. The topological polar surface area (TPSA) is 45.7 Å². The molecule has 0 spiro atoms. The first-order valence-electron chi connectivity index (χ1n) is 8.44. The number of carbonyl (C=O) groups excluding carboxylic acids is 1. The van der Waals surface area contributed by atoms with Gasteiger partial charge in [-0.25, -0.2) is 4.79 Å². The highest BCUT2D eigenvalue weighted by Crippen LogP contribution is 2.34. The first-order valence-corrected chi connectivity index (χ1v) is 8.44. The number of anilines is 1. The number of ether oxygens (including phenoxy) is 1. The molecule has 1 saturated heterocycles. The van der Waals surface area contributed by atoms with Gasteiger partial charge < -0.3 is 9.64 Å². The summed E-state index contributed by atoms with van der Waals surface area (Å²) in [6.45, 7) is 4.73. The molecule has 124 valence electrons. The van der Waals surface area contributed by atoms with Crippen molar-refractivity contribution in [2.75, 3.05) is 31.1 Å². The Labute approximate surface area is 141 Å². The zero-order chi connectivity index (χ0) is 16.5. The molecule has 1 unspecified atom stereocenters. The second-order valence-electron chi connectivity index (χ2n) is 6.36. The van der Waals surface area contributed by atoms with E-state index in [4.69, 9.17) is 4.74 Å². The van der Waals surface area contributed by atoms with Gasteiger partial charge in [-0.3, -0.25) is 9.88 Å². The van der Waals surface area contributed by atoms with Gasteiger partial charge in [-0.15, -0.1) is 0 Å². The summed E-state index contributed by atoms with van der Waals surface area (Å²) in [4.78, 5) is 21.2. The molecule has 0 saturated carbocycles. The molecule has 1 atom stereocenters. The lowest BCUT2D eigenvalue weighted by Gasteiger charge is -2.32. The number of amides is 2. The predicted octanol–water partition coefficient (Wildman–Crippen LogP) is 3.20. The van der Waals surface area contributed by atoms with Crippen molar-refractivity contribution >= 4 is 11.7 Å². The number of nitrogens with zero attached hydrogens (tertiary/aromatic N) is 3. The fourth-order valence-electron chi connectivity index (χ4n) is 3.65. The van der Waals surface area contributed by atoms with Gasteiger partial charge in [0.15, 0.2) is 0 Å². The van der Waals surface area contributed by atoms with E-state index in [-0.39, 0.29) is 6.03 Å². The first-order chi connectivity index (χ1) is 11.7. The molecule has 3 heterocycles. The average molecular weight is 323 g/mol. The minimum atomic E-state index is 0.0785. The molecule has 1 aromatic carbocycles. The maximum Gasteiger partial charge on any atom is 0.324 e. The van der Waals surface area contributed by atoms with Crippen LogP contribution in [0.25, 0.3) is 0 Å². The van der Waals surface area contributed by atoms with E-state index in [0.29, 0.717) is 19.1 Å². The third kappa shape index (κ3) is 2.60. The molecule has 0 radical (unpaired) electrons. The van der Waals surface area contributed by atoms with Gasteiger partial charge in [0.25, 0.3) is 0 Å². The minimum absolute atomic E-state index is 0.0785. The number of para-hydroxylation sites is 2. The number of aromatic nitrogens is 1. The maximum absolute atomic E-state index is 13.0. The molecule has 2 aliphatic heterocycles. The van der Waals surface area contributed by atoms with Crippen LogP contribution in [0.2, 0.25) is 0 Å². The van der Waals surface area contributed by atoms with Crippen LogP contribution in [-0.4, -0.2) is 42.2 Å². The molecule has 0 bridgehead atoms. The first kappa shape index (κ1) is 15.0. The summed E-state index contributed by atoms with van der Waals surface area (Å²) >= 11 is 0. The van der Waals surface area contributed by atoms with Crippen LogP contribution in [0.4, 0.5) is 10.5 Å². The SMILES string of the molecule is Cc1ncccc1C1CCN(C(=O)N2CCOc3ccccc32)C1. The number of pyridine rings is 1. The molecular weight excluding hydrogens is 302 g/mol. The van der Waals surface area contributed by atoms with Crippen molar-refractivity contribution in [3.8, 4) is 5.75 Å². The molecule has 1 fully saturated rings. The Kier molecular flexibility index (Phi) is 3.84. The van der Waals surface area contributed by atoms with Crippen LogP contribution in [0, 0.1) is 6.92 Å². The molecular formula is C19H21N3O2. The van der Waals surface area contributed by atoms with Crippen LogP contribution in [0.15, 0.2) is 42.6 Å². The number of carbonyl (C=O) groups is 1. The van der Waals surface area contributed by atoms with E-state index < -0.39 is 0 Å². The molecule has 1 aromatic heterocycles. The Bertz CT molecular complexity index is 762. The minimum Gasteiger partial charge on any atom is -0.490 e. The van der Waals surface area contributed by atoms with Gasteiger partial charge in [0.05, 0.1) is 12.2 Å². The molecule has 4 rings (SSSR count). The van der Waals surface area contributed by atoms with Gasteiger partial charge in [0, 0.05) is 30.9 Å². The number of benzene rings is 1. The van der Waals surface area contributed by atoms with Crippen molar-refractivity contribution < 1.29 is 9.53 Å². The Morgan fingerprint density at radius 1 is 1.21 bits per heavy atom. The standard InChI is InChI=1S/C19H21N3O2/c1-14-16(5-4-9-20-14)15-8-10-21(13-15)19(23)22-11-12-24-18-7-3-2-6-17(18)22/h2-7,9,15H,8,10-13H2,1H3. The van der Waals surface area contributed by atoms with Crippen LogP contribution >= 0.6 is 0 Å². The fourth-order valence-corrected chi connectivity index (χ4v) is 3.65.